The van der Waals surface area contributed by atoms with Crippen LogP contribution in [0.5, 0.6) is 0 Å². The summed E-state index contributed by atoms with van der Waals surface area (Å²) < 4.78 is 0. The van der Waals surface area contributed by atoms with Crippen LogP contribution in [0.1, 0.15) is 40.5 Å². The fourth-order valence-electron chi connectivity index (χ4n) is 1.49. The summed E-state index contributed by atoms with van der Waals surface area (Å²) in [4.78, 5) is 9.93. The molecule has 0 atom stereocenters. The van der Waals surface area contributed by atoms with Crippen molar-refractivity contribution in [2.24, 2.45) is 0 Å². The molecule has 2 nitrogen and oxygen atoms in total. The van der Waals surface area contributed by atoms with Gasteiger partial charge in [0.2, 0.25) is 0 Å². The van der Waals surface area contributed by atoms with Gasteiger partial charge in [-0.2, -0.15) is 0 Å². The Morgan fingerprint density at radius 3 is 1.71 bits per heavy atom. The summed E-state index contributed by atoms with van der Waals surface area (Å²) in [5, 5.41) is 0.146. The van der Waals surface area contributed by atoms with Crippen LogP contribution in [0.2, 0.25) is 18.0 Å². The maximum absolute atomic E-state index is 5.06. The van der Waals surface area contributed by atoms with Crippen LogP contribution in [0, 0.1) is 0 Å². The second-order valence-electron chi connectivity index (χ2n) is 5.51. The van der Waals surface area contributed by atoms with E-state index in [-0.39, 0.29) is 10.9 Å². The summed E-state index contributed by atoms with van der Waals surface area (Å²) in [6, 6.07) is 0. The van der Waals surface area contributed by atoms with Gasteiger partial charge in [0.25, 0.3) is 0 Å². The Balaban J connectivity index is 0.000000165. The number of hydrogen-bond acceptors (Lipinski definition) is 2. The van der Waals surface area contributed by atoms with Gasteiger partial charge in [-0.1, -0.05) is 39.3 Å². The van der Waals surface area contributed by atoms with Crippen molar-refractivity contribution in [1.82, 2.24) is 0 Å². The van der Waals surface area contributed by atoms with E-state index in [4.69, 9.17) is 9.69 Å². The van der Waals surface area contributed by atoms with Crippen LogP contribution >= 0.6 is 0 Å². The van der Waals surface area contributed by atoms with Gasteiger partial charge < -0.3 is 4.81 Å². The largest absolute Gasteiger partial charge is 0.332 e. The summed E-state index contributed by atoms with van der Waals surface area (Å²) in [6.45, 7) is 8.36. The summed E-state index contributed by atoms with van der Waals surface area (Å²) >= 11 is 0. The highest BCUT2D eigenvalue weighted by molar-refractivity contribution is 6.36. The minimum absolute atomic E-state index is 0.132. The maximum Gasteiger partial charge on any atom is 0.332 e. The molecule has 2 fully saturated rings. The van der Waals surface area contributed by atoms with Gasteiger partial charge in [-0.15, -0.1) is 0 Å². The first-order chi connectivity index (χ1) is 6.46. The van der Waals surface area contributed by atoms with Crippen LogP contribution < -0.4 is 0 Å². The molecular formula is C10H22B2O2. The Hall–Kier alpha value is 0.0499. The summed E-state index contributed by atoms with van der Waals surface area (Å²) in [5.74, 6) is 0. The highest BCUT2D eigenvalue weighted by Crippen LogP contribution is 2.44. The van der Waals surface area contributed by atoms with Crippen molar-refractivity contribution in [3.05, 3.63) is 0 Å². The van der Waals surface area contributed by atoms with E-state index in [1.807, 2.05) is 13.8 Å². The molecule has 0 aliphatic carbocycles. The predicted octanol–water partition coefficient (Wildman–Crippen LogP) is 2.33. The topological polar surface area (TPSA) is 18.5 Å². The molecule has 0 bridgehead atoms. The lowest BCUT2D eigenvalue weighted by molar-refractivity contribution is -0.260. The molecule has 0 saturated carbocycles. The molecule has 0 radical (unpaired) electrons. The quantitative estimate of drug-likeness (QED) is 0.437. The normalized spacial score (nSPS) is 27.1. The van der Waals surface area contributed by atoms with Crippen LogP contribution in [0.25, 0.3) is 0 Å². The van der Waals surface area contributed by atoms with E-state index < -0.39 is 0 Å². The lowest BCUT2D eigenvalue weighted by Crippen LogP contribution is -2.31. The molecule has 2 aliphatic heterocycles. The minimum atomic E-state index is -0.132. The van der Waals surface area contributed by atoms with Crippen LogP contribution in [0.4, 0.5) is 0 Å². The van der Waals surface area contributed by atoms with E-state index in [0.717, 1.165) is 0 Å². The molecular weight excluding hydrogens is 174 g/mol. The van der Waals surface area contributed by atoms with Gasteiger partial charge >= 0.3 is 7.48 Å². The predicted molar refractivity (Wildman–Crippen MR) is 63.4 cm³/mol. The zero-order valence-electron chi connectivity index (χ0n) is 10.1. The molecule has 14 heavy (non-hydrogen) atoms. The highest BCUT2D eigenvalue weighted by Gasteiger charge is 2.46. The molecule has 2 aliphatic rings. The number of rotatable bonds is 0. The van der Waals surface area contributed by atoms with Crippen molar-refractivity contribution >= 4 is 14.8 Å². The lowest BCUT2D eigenvalue weighted by Gasteiger charge is -2.28. The van der Waals surface area contributed by atoms with Gasteiger partial charge in [0.05, 0.1) is 5.60 Å². The van der Waals surface area contributed by atoms with Crippen LogP contribution in [0.15, 0.2) is 0 Å². The average Bonchev–Trinajstić information content (AvgIpc) is 2.64. The molecule has 0 aromatic rings. The van der Waals surface area contributed by atoms with Gasteiger partial charge in [0.15, 0.2) is 0 Å². The minimum Gasteiger partial charge on any atom is -0.308 e. The Kier molecular flexibility index (Phi) is 4.08. The van der Waals surface area contributed by atoms with E-state index >= 15 is 0 Å². The molecule has 0 amide bonds. The standard InChI is InChI=1S/C6H13BO2.C4H9B/c1-5(2)6(3,4)8-9-7-5;1-2-4-5-3-1/h7H,1-4H3;5H,1-4H2. The van der Waals surface area contributed by atoms with Gasteiger partial charge in [-0.05, 0) is 13.8 Å². The molecule has 2 saturated heterocycles. The molecule has 0 N–H and O–H groups in total. The first-order valence-electron chi connectivity index (χ1n) is 5.76. The van der Waals surface area contributed by atoms with Crippen molar-refractivity contribution in [2.75, 3.05) is 0 Å². The van der Waals surface area contributed by atoms with E-state index in [1.165, 1.54) is 32.8 Å². The third-order valence-corrected chi connectivity index (χ3v) is 3.57. The first-order valence-corrected chi connectivity index (χ1v) is 5.76. The monoisotopic (exact) mass is 196 g/mol. The molecule has 0 spiro atoms. The van der Waals surface area contributed by atoms with Crippen molar-refractivity contribution in [1.29, 1.82) is 0 Å². The Morgan fingerprint density at radius 2 is 1.57 bits per heavy atom. The lowest BCUT2D eigenvalue weighted by atomic mass is 9.59. The van der Waals surface area contributed by atoms with Gasteiger partial charge in [0.1, 0.15) is 7.28 Å². The first kappa shape index (κ1) is 12.1. The Labute approximate surface area is 89.2 Å². The van der Waals surface area contributed by atoms with Gasteiger partial charge in [-0.3, -0.25) is 0 Å². The maximum atomic E-state index is 5.06. The van der Waals surface area contributed by atoms with Crippen LogP contribution in [-0.4, -0.2) is 20.4 Å². The van der Waals surface area contributed by atoms with E-state index in [1.54, 1.807) is 0 Å². The van der Waals surface area contributed by atoms with Gasteiger partial charge in [0, 0.05) is 5.31 Å². The van der Waals surface area contributed by atoms with Crippen LogP contribution in [-0.2, 0) is 9.69 Å². The second-order valence-corrected chi connectivity index (χ2v) is 5.51. The van der Waals surface area contributed by atoms with Crippen molar-refractivity contribution in [3.63, 3.8) is 0 Å². The third-order valence-electron chi connectivity index (χ3n) is 3.57. The summed E-state index contributed by atoms with van der Waals surface area (Å²) in [5.41, 5.74) is -0.132. The third kappa shape index (κ3) is 3.03. The second kappa shape index (κ2) is 4.71. The average molecular weight is 196 g/mol. The molecule has 2 heterocycles. The zero-order chi connectivity index (χ0) is 10.7. The van der Waals surface area contributed by atoms with E-state index in [2.05, 4.69) is 13.8 Å². The zero-order valence-corrected chi connectivity index (χ0v) is 10.1. The SMILES string of the molecule is B1CCCC1.CC1(C)BOOC1(C)C. The smallest absolute Gasteiger partial charge is 0.308 e. The van der Waals surface area contributed by atoms with Gasteiger partial charge in [-0.25, -0.2) is 4.89 Å². The fourth-order valence-corrected chi connectivity index (χ4v) is 1.49. The molecule has 4 heteroatoms. The number of hydrogen-bond donors (Lipinski definition) is 0. The molecule has 80 valence electrons. The van der Waals surface area contributed by atoms with Crippen molar-refractivity contribution < 1.29 is 9.69 Å². The molecule has 0 aromatic heterocycles. The summed E-state index contributed by atoms with van der Waals surface area (Å²) in [6.07, 6.45) is 6.00. The molecule has 0 aromatic carbocycles. The Bertz CT molecular complexity index is 155. The van der Waals surface area contributed by atoms with E-state index in [9.17, 15) is 0 Å². The summed E-state index contributed by atoms with van der Waals surface area (Å²) in [7, 11) is 2.19. The van der Waals surface area contributed by atoms with Crippen molar-refractivity contribution in [2.45, 2.75) is 64.1 Å². The van der Waals surface area contributed by atoms with Crippen molar-refractivity contribution in [3.8, 4) is 0 Å². The fraction of sp³-hybridized carbons (Fsp3) is 1.00. The highest BCUT2D eigenvalue weighted by atomic mass is 17.2. The Morgan fingerprint density at radius 1 is 1.00 bits per heavy atom. The van der Waals surface area contributed by atoms with E-state index in [0.29, 0.717) is 7.48 Å². The molecule has 2 rings (SSSR count). The molecule has 0 unspecified atom stereocenters. The van der Waals surface area contributed by atoms with Crippen LogP contribution in [0.3, 0.4) is 0 Å².